The van der Waals surface area contributed by atoms with Crippen LogP contribution in [0.3, 0.4) is 0 Å². The Hall–Kier alpha value is -0.860. The predicted molar refractivity (Wildman–Crippen MR) is 54.6 cm³/mol. The van der Waals surface area contributed by atoms with E-state index in [-0.39, 0.29) is 18.2 Å². The molecule has 1 rings (SSSR count). The summed E-state index contributed by atoms with van der Waals surface area (Å²) in [6, 6.07) is 0.226. The summed E-state index contributed by atoms with van der Waals surface area (Å²) in [6.45, 7) is 6.32. The Balaban J connectivity index is 0.000000325. The number of aliphatic carboxylic acids is 1. The summed E-state index contributed by atoms with van der Waals surface area (Å²) in [4.78, 5) is 8.90. The zero-order valence-corrected chi connectivity index (χ0v) is 9.64. The summed E-state index contributed by atoms with van der Waals surface area (Å²) in [7, 11) is 0. The molecule has 0 spiro atoms. The number of carboxylic acids is 1. The van der Waals surface area contributed by atoms with Crippen LogP contribution in [0.25, 0.3) is 0 Å². The van der Waals surface area contributed by atoms with Gasteiger partial charge in [0.15, 0.2) is 0 Å². The Labute approximate surface area is 97.0 Å². The van der Waals surface area contributed by atoms with Crippen molar-refractivity contribution in [2.24, 2.45) is 0 Å². The van der Waals surface area contributed by atoms with Gasteiger partial charge in [-0.05, 0) is 13.8 Å². The van der Waals surface area contributed by atoms with Crippen molar-refractivity contribution in [1.29, 1.82) is 0 Å². The Morgan fingerprint density at radius 1 is 1.47 bits per heavy atom. The average Bonchev–Trinajstić information content (AvgIpc) is 2.15. The molecule has 0 radical (unpaired) electrons. The zero-order chi connectivity index (χ0) is 13.7. The minimum atomic E-state index is -5.08. The molecule has 1 atom stereocenters. The van der Waals surface area contributed by atoms with Crippen molar-refractivity contribution < 1.29 is 28.2 Å². The number of hydrogen-bond acceptors (Lipinski definition) is 4. The van der Waals surface area contributed by atoms with Gasteiger partial charge in [0, 0.05) is 24.7 Å². The molecule has 1 heterocycles. The van der Waals surface area contributed by atoms with Gasteiger partial charge in [0.25, 0.3) is 0 Å². The maximum atomic E-state index is 10.6. The van der Waals surface area contributed by atoms with Gasteiger partial charge in [0.2, 0.25) is 0 Å². The van der Waals surface area contributed by atoms with Gasteiger partial charge >= 0.3 is 12.1 Å². The molecule has 8 heteroatoms. The molecule has 5 nitrogen and oxygen atoms in total. The second-order valence-electron chi connectivity index (χ2n) is 4.34. The number of carbonyl (C=O) groups is 1. The molecular weight excluding hydrogens is 241 g/mol. The quantitative estimate of drug-likeness (QED) is 0.530. The molecule has 17 heavy (non-hydrogen) atoms. The molecule has 0 aromatic carbocycles. The molecule has 1 fully saturated rings. The van der Waals surface area contributed by atoms with Crippen LogP contribution in [0.5, 0.6) is 0 Å². The van der Waals surface area contributed by atoms with Gasteiger partial charge in [-0.3, -0.25) is 0 Å². The third-order valence-electron chi connectivity index (χ3n) is 2.02. The van der Waals surface area contributed by atoms with E-state index in [0.717, 1.165) is 13.1 Å². The van der Waals surface area contributed by atoms with Crippen LogP contribution in [-0.4, -0.2) is 53.6 Å². The smallest absolute Gasteiger partial charge is 0.475 e. The molecule has 0 amide bonds. The van der Waals surface area contributed by atoms with Crippen molar-refractivity contribution >= 4 is 5.97 Å². The van der Waals surface area contributed by atoms with Gasteiger partial charge in [-0.15, -0.1) is 0 Å². The van der Waals surface area contributed by atoms with E-state index in [1.54, 1.807) is 0 Å². The fraction of sp³-hybridized carbons (Fsp3) is 0.889. The van der Waals surface area contributed by atoms with Gasteiger partial charge in [-0.1, -0.05) is 0 Å². The van der Waals surface area contributed by atoms with E-state index in [2.05, 4.69) is 24.5 Å². The highest BCUT2D eigenvalue weighted by Gasteiger charge is 2.38. The van der Waals surface area contributed by atoms with E-state index < -0.39 is 12.1 Å². The number of carboxylic acid groups (broad SMARTS) is 1. The number of nitrogens with one attached hydrogen (secondary N) is 2. The largest absolute Gasteiger partial charge is 0.490 e. The standard InChI is InChI=1S/C7H16N2O.C2HF3O2/c1-7(2)5-8-3-6(4-10)9-7;3-2(4,5)1(6)7/h6,8-10H,3-5H2,1-2H3;(H,6,7). The summed E-state index contributed by atoms with van der Waals surface area (Å²) < 4.78 is 31.7. The monoisotopic (exact) mass is 258 g/mol. The van der Waals surface area contributed by atoms with Crippen LogP contribution in [0.1, 0.15) is 13.8 Å². The van der Waals surface area contributed by atoms with E-state index in [1.165, 1.54) is 0 Å². The number of rotatable bonds is 1. The maximum Gasteiger partial charge on any atom is 0.490 e. The van der Waals surface area contributed by atoms with E-state index >= 15 is 0 Å². The molecule has 1 saturated heterocycles. The number of halogens is 3. The third-order valence-corrected chi connectivity index (χ3v) is 2.02. The van der Waals surface area contributed by atoms with Crippen LogP contribution in [-0.2, 0) is 4.79 Å². The van der Waals surface area contributed by atoms with Gasteiger partial charge in [-0.2, -0.15) is 13.2 Å². The fourth-order valence-corrected chi connectivity index (χ4v) is 1.32. The minimum absolute atomic E-state index is 0.131. The molecule has 0 aromatic rings. The van der Waals surface area contributed by atoms with Crippen LogP contribution in [0.15, 0.2) is 0 Å². The fourth-order valence-electron chi connectivity index (χ4n) is 1.32. The lowest BCUT2D eigenvalue weighted by Gasteiger charge is -2.36. The van der Waals surface area contributed by atoms with Crippen LogP contribution in [0, 0.1) is 0 Å². The van der Waals surface area contributed by atoms with Gasteiger partial charge in [0.05, 0.1) is 6.61 Å². The van der Waals surface area contributed by atoms with Gasteiger partial charge < -0.3 is 20.8 Å². The first-order chi connectivity index (χ1) is 7.58. The van der Waals surface area contributed by atoms with Crippen LogP contribution >= 0.6 is 0 Å². The Morgan fingerprint density at radius 2 is 1.94 bits per heavy atom. The minimum Gasteiger partial charge on any atom is -0.475 e. The first kappa shape index (κ1) is 16.1. The summed E-state index contributed by atoms with van der Waals surface area (Å²) >= 11 is 0. The van der Waals surface area contributed by atoms with E-state index in [1.807, 2.05) is 0 Å². The number of alkyl halides is 3. The van der Waals surface area contributed by atoms with E-state index in [4.69, 9.17) is 15.0 Å². The Kier molecular flexibility index (Phi) is 5.86. The molecule has 0 bridgehead atoms. The summed E-state index contributed by atoms with van der Waals surface area (Å²) in [5.74, 6) is -2.76. The number of piperazine rings is 1. The molecular formula is C9H17F3N2O3. The second-order valence-corrected chi connectivity index (χ2v) is 4.34. The molecule has 102 valence electrons. The van der Waals surface area contributed by atoms with Crippen molar-refractivity contribution in [1.82, 2.24) is 10.6 Å². The zero-order valence-electron chi connectivity index (χ0n) is 9.64. The van der Waals surface area contributed by atoms with Gasteiger partial charge in [0.1, 0.15) is 0 Å². The molecule has 1 aliphatic heterocycles. The normalized spacial score (nSPS) is 23.5. The lowest BCUT2D eigenvalue weighted by Crippen LogP contribution is -2.61. The highest BCUT2D eigenvalue weighted by Crippen LogP contribution is 2.13. The number of hydrogen-bond donors (Lipinski definition) is 4. The molecule has 0 aliphatic carbocycles. The molecule has 0 aromatic heterocycles. The SMILES string of the molecule is CC1(C)CNCC(CO)N1.O=C(O)C(F)(F)F. The van der Waals surface area contributed by atoms with Crippen molar-refractivity contribution in [3.63, 3.8) is 0 Å². The van der Waals surface area contributed by atoms with Crippen molar-refractivity contribution in [3.05, 3.63) is 0 Å². The Morgan fingerprint density at radius 3 is 2.18 bits per heavy atom. The van der Waals surface area contributed by atoms with Crippen LogP contribution in [0.2, 0.25) is 0 Å². The van der Waals surface area contributed by atoms with E-state index in [0.29, 0.717) is 0 Å². The topological polar surface area (TPSA) is 81.6 Å². The van der Waals surface area contributed by atoms with Crippen LogP contribution in [0.4, 0.5) is 13.2 Å². The summed E-state index contributed by atoms with van der Waals surface area (Å²) in [6.07, 6.45) is -5.08. The lowest BCUT2D eigenvalue weighted by molar-refractivity contribution is -0.192. The van der Waals surface area contributed by atoms with Crippen molar-refractivity contribution in [3.8, 4) is 0 Å². The molecule has 0 saturated carbocycles. The first-order valence-corrected chi connectivity index (χ1v) is 4.98. The highest BCUT2D eigenvalue weighted by atomic mass is 19.4. The molecule has 4 N–H and O–H groups in total. The average molecular weight is 258 g/mol. The second kappa shape index (κ2) is 6.18. The van der Waals surface area contributed by atoms with E-state index in [9.17, 15) is 13.2 Å². The highest BCUT2D eigenvalue weighted by molar-refractivity contribution is 5.73. The Bertz CT molecular complexity index is 256. The van der Waals surface area contributed by atoms with Gasteiger partial charge in [-0.25, -0.2) is 4.79 Å². The third kappa shape index (κ3) is 7.14. The van der Waals surface area contributed by atoms with Crippen molar-refractivity contribution in [2.75, 3.05) is 19.7 Å². The number of aliphatic hydroxyl groups excluding tert-OH is 1. The molecule has 1 aliphatic rings. The lowest BCUT2D eigenvalue weighted by atomic mass is 10.0. The summed E-state index contributed by atoms with van der Waals surface area (Å²) in [5.41, 5.74) is 0.131. The number of aliphatic hydroxyl groups is 1. The molecule has 1 unspecified atom stereocenters. The summed E-state index contributed by atoms with van der Waals surface area (Å²) in [5, 5.41) is 22.5. The predicted octanol–water partition coefficient (Wildman–Crippen LogP) is -0.0480. The van der Waals surface area contributed by atoms with Crippen LogP contribution < -0.4 is 10.6 Å². The van der Waals surface area contributed by atoms with Crippen molar-refractivity contribution in [2.45, 2.75) is 31.6 Å². The first-order valence-electron chi connectivity index (χ1n) is 4.98. The maximum absolute atomic E-state index is 10.6.